The molecule has 0 fully saturated rings. The molecule has 3 N–H and O–H groups in total. The summed E-state index contributed by atoms with van der Waals surface area (Å²) in [6, 6.07) is -0.775. The Bertz CT molecular complexity index is 1000. The third-order valence-electron chi connectivity index (χ3n) is 11.2. The lowest BCUT2D eigenvalue weighted by Gasteiger charge is -2.26. The summed E-state index contributed by atoms with van der Waals surface area (Å²) in [6.45, 7) is 4.87. The van der Waals surface area contributed by atoms with Crippen molar-refractivity contribution < 1.29 is 32.9 Å². The van der Waals surface area contributed by atoms with Gasteiger partial charge in [0.1, 0.15) is 13.2 Å². The van der Waals surface area contributed by atoms with Crippen LogP contribution in [0.25, 0.3) is 0 Å². The minimum absolute atomic E-state index is 0.0704. The minimum atomic E-state index is -4.32. The topological polar surface area (TPSA) is 105 Å². The van der Waals surface area contributed by atoms with E-state index in [1.807, 2.05) is 21.1 Å². The van der Waals surface area contributed by atoms with Crippen LogP contribution in [0.5, 0.6) is 0 Å². The summed E-state index contributed by atoms with van der Waals surface area (Å²) in [5, 5.41) is 14.0. The number of hydrogen-bond donors (Lipinski definition) is 3. The molecule has 0 saturated heterocycles. The Kier molecular flexibility index (Phi) is 40.6. The number of nitrogens with one attached hydrogen (secondary N) is 1. The van der Waals surface area contributed by atoms with E-state index in [4.69, 9.17) is 9.05 Å². The first-order chi connectivity index (χ1) is 28.0. The molecule has 0 spiro atoms. The van der Waals surface area contributed by atoms with Crippen LogP contribution in [0.3, 0.4) is 0 Å². The highest BCUT2D eigenvalue weighted by atomic mass is 31.2. The summed E-state index contributed by atoms with van der Waals surface area (Å²) in [4.78, 5) is 23.2. The third-order valence-corrected chi connectivity index (χ3v) is 12.2. The number of aliphatic hydroxyl groups is 1. The molecule has 0 aliphatic carbocycles. The lowest BCUT2D eigenvalue weighted by Crippen LogP contribution is -2.46. The average molecular weight is 842 g/mol. The largest absolute Gasteiger partial charge is 0.472 e. The third kappa shape index (κ3) is 43.1. The van der Waals surface area contributed by atoms with Crippen LogP contribution in [-0.4, -0.2) is 73.4 Å². The van der Waals surface area contributed by atoms with E-state index in [2.05, 4.69) is 43.5 Å². The first-order valence-electron chi connectivity index (χ1n) is 24.7. The fraction of sp³-hybridized carbons (Fsp3) is 0.898. The molecule has 0 radical (unpaired) electrons. The maximum absolute atomic E-state index is 12.9. The summed E-state index contributed by atoms with van der Waals surface area (Å²) in [5.41, 5.74) is 0. The van der Waals surface area contributed by atoms with Crippen LogP contribution in [0, 0.1) is 0 Å². The molecular formula is C49H98N2O6P+. The van der Waals surface area contributed by atoms with Crippen LogP contribution in [0.1, 0.15) is 232 Å². The van der Waals surface area contributed by atoms with E-state index in [1.54, 1.807) is 0 Å². The summed E-state index contributed by atoms with van der Waals surface area (Å²) in [5.74, 6) is -0.154. The van der Waals surface area contributed by atoms with Gasteiger partial charge < -0.3 is 19.8 Å². The number of hydrogen-bond acceptors (Lipinski definition) is 5. The fourth-order valence-corrected chi connectivity index (χ4v) is 7.95. The van der Waals surface area contributed by atoms with Crippen molar-refractivity contribution in [3.63, 3.8) is 0 Å². The minimum Gasteiger partial charge on any atom is -0.391 e. The average Bonchev–Trinajstić information content (AvgIpc) is 3.17. The Balaban J connectivity index is 4.28. The summed E-state index contributed by atoms with van der Waals surface area (Å²) in [7, 11) is 1.60. The first-order valence-corrected chi connectivity index (χ1v) is 26.2. The normalized spacial score (nSPS) is 14.4. The van der Waals surface area contributed by atoms with Crippen molar-refractivity contribution in [2.24, 2.45) is 0 Å². The lowest BCUT2D eigenvalue weighted by atomic mass is 10.0. The van der Waals surface area contributed by atoms with Crippen LogP contribution in [0.4, 0.5) is 0 Å². The zero-order valence-electron chi connectivity index (χ0n) is 39.0. The molecule has 8 nitrogen and oxygen atoms in total. The lowest BCUT2D eigenvalue weighted by molar-refractivity contribution is -0.870. The molecule has 0 aliphatic heterocycles. The highest BCUT2D eigenvalue weighted by Gasteiger charge is 2.28. The predicted octanol–water partition coefficient (Wildman–Crippen LogP) is 14.1. The highest BCUT2D eigenvalue weighted by molar-refractivity contribution is 7.47. The SMILES string of the molecule is CCCCCCCC/C=C/CCCCCCCCCCCCCC(=O)N[C@@H](COP(=O)(O)OCC[N+](C)(C)C)[C@H](O)CCCC/C=C/CCCCCCCCCCC. The summed E-state index contributed by atoms with van der Waals surface area (Å²) in [6.07, 6.45) is 49.3. The van der Waals surface area contributed by atoms with E-state index in [-0.39, 0.29) is 19.1 Å². The maximum Gasteiger partial charge on any atom is 0.472 e. The maximum atomic E-state index is 12.9. The van der Waals surface area contributed by atoms with Gasteiger partial charge in [-0.1, -0.05) is 186 Å². The highest BCUT2D eigenvalue weighted by Crippen LogP contribution is 2.43. The molecule has 0 heterocycles. The van der Waals surface area contributed by atoms with Gasteiger partial charge >= 0.3 is 7.82 Å². The van der Waals surface area contributed by atoms with Crippen LogP contribution in [0.2, 0.25) is 0 Å². The second-order valence-electron chi connectivity index (χ2n) is 18.2. The van der Waals surface area contributed by atoms with Gasteiger partial charge in [-0.05, 0) is 64.2 Å². The number of unbranched alkanes of at least 4 members (excludes halogenated alkanes) is 28. The van der Waals surface area contributed by atoms with Gasteiger partial charge in [0.2, 0.25) is 5.91 Å². The Labute approximate surface area is 360 Å². The Hall–Kier alpha value is -1.02. The second-order valence-corrected chi connectivity index (χ2v) is 19.6. The van der Waals surface area contributed by atoms with Gasteiger partial charge in [0, 0.05) is 6.42 Å². The molecule has 0 aromatic carbocycles. The van der Waals surface area contributed by atoms with Crippen molar-refractivity contribution in [3.05, 3.63) is 24.3 Å². The Morgan fingerprint density at radius 1 is 0.569 bits per heavy atom. The van der Waals surface area contributed by atoms with Gasteiger partial charge in [-0.3, -0.25) is 13.8 Å². The molecule has 0 bridgehead atoms. The van der Waals surface area contributed by atoms with Gasteiger partial charge in [-0.25, -0.2) is 4.57 Å². The monoisotopic (exact) mass is 842 g/mol. The number of allylic oxidation sites excluding steroid dienone is 4. The Morgan fingerprint density at radius 3 is 1.33 bits per heavy atom. The molecule has 0 rings (SSSR count). The summed E-state index contributed by atoms with van der Waals surface area (Å²) >= 11 is 0. The Morgan fingerprint density at radius 2 is 0.931 bits per heavy atom. The zero-order valence-corrected chi connectivity index (χ0v) is 39.9. The van der Waals surface area contributed by atoms with Gasteiger partial charge in [-0.2, -0.15) is 0 Å². The number of quaternary nitrogens is 1. The van der Waals surface area contributed by atoms with E-state index in [0.717, 1.165) is 44.9 Å². The number of carbonyl (C=O) groups excluding carboxylic acids is 1. The van der Waals surface area contributed by atoms with Gasteiger partial charge in [0.05, 0.1) is 39.9 Å². The van der Waals surface area contributed by atoms with Crippen LogP contribution < -0.4 is 5.32 Å². The predicted molar refractivity (Wildman–Crippen MR) is 249 cm³/mol. The standard InChI is InChI=1S/C49H97N2O6P/c1-6-8-10-12-14-16-18-20-22-23-24-25-26-27-29-31-33-35-37-39-41-43-49(53)50-47(46-57-58(54,55)56-45-44-51(3,4)5)48(52)42-40-38-36-34-32-30-28-21-19-17-15-13-11-9-7-2/h20,22,32,34,47-48,52H,6-19,21,23-31,33,35-46H2,1-5H3,(H-,50,53,54,55)/p+1/b22-20+,34-32+/t47-,48+/m0/s1. The number of aliphatic hydroxyl groups excluding tert-OH is 1. The smallest absolute Gasteiger partial charge is 0.391 e. The fourth-order valence-electron chi connectivity index (χ4n) is 7.21. The zero-order chi connectivity index (χ0) is 42.8. The molecule has 0 aromatic rings. The molecule has 9 heteroatoms. The summed E-state index contributed by atoms with van der Waals surface area (Å²) < 4.78 is 23.7. The number of nitrogens with zero attached hydrogens (tertiary/aromatic N) is 1. The van der Waals surface area contributed by atoms with E-state index >= 15 is 0 Å². The molecule has 58 heavy (non-hydrogen) atoms. The second kappa shape index (κ2) is 41.3. The van der Waals surface area contributed by atoms with E-state index < -0.39 is 20.0 Å². The van der Waals surface area contributed by atoms with Crippen molar-refractivity contribution >= 4 is 13.7 Å². The molecule has 344 valence electrons. The van der Waals surface area contributed by atoms with Crippen molar-refractivity contribution in [1.82, 2.24) is 5.32 Å². The molecule has 3 atom stereocenters. The van der Waals surface area contributed by atoms with Crippen LogP contribution >= 0.6 is 7.82 Å². The van der Waals surface area contributed by atoms with Gasteiger partial charge in [0.25, 0.3) is 0 Å². The number of rotatable bonds is 45. The van der Waals surface area contributed by atoms with E-state index in [9.17, 15) is 19.4 Å². The molecule has 0 aromatic heterocycles. The molecule has 1 amide bonds. The molecular weight excluding hydrogens is 744 g/mol. The number of likely N-dealkylation sites (N-methyl/N-ethyl adjacent to an activating group) is 1. The number of phosphoric acid groups is 1. The van der Waals surface area contributed by atoms with E-state index in [0.29, 0.717) is 23.9 Å². The van der Waals surface area contributed by atoms with Crippen molar-refractivity contribution in [2.75, 3.05) is 40.9 Å². The first kappa shape index (κ1) is 57.0. The van der Waals surface area contributed by atoms with Gasteiger partial charge in [-0.15, -0.1) is 0 Å². The van der Waals surface area contributed by atoms with E-state index in [1.165, 1.54) is 161 Å². The quantitative estimate of drug-likeness (QED) is 0.0244. The number of phosphoric ester groups is 1. The molecule has 0 saturated carbocycles. The molecule has 1 unspecified atom stereocenters. The van der Waals surface area contributed by atoms with Crippen molar-refractivity contribution in [2.45, 2.75) is 244 Å². The van der Waals surface area contributed by atoms with Crippen molar-refractivity contribution in [3.8, 4) is 0 Å². The molecule has 0 aliphatic rings. The van der Waals surface area contributed by atoms with Crippen LogP contribution in [0.15, 0.2) is 24.3 Å². The van der Waals surface area contributed by atoms with Crippen LogP contribution in [-0.2, 0) is 18.4 Å². The number of amides is 1. The van der Waals surface area contributed by atoms with Crippen molar-refractivity contribution in [1.29, 1.82) is 0 Å². The number of carbonyl (C=O) groups is 1. The van der Waals surface area contributed by atoms with Gasteiger partial charge in [0.15, 0.2) is 0 Å².